The lowest BCUT2D eigenvalue weighted by molar-refractivity contribution is -0.143. The molecule has 0 N–H and O–H groups in total. The van der Waals surface area contributed by atoms with Crippen LogP contribution in [0.25, 0.3) is 5.57 Å². The van der Waals surface area contributed by atoms with Gasteiger partial charge >= 0.3 is 12.4 Å². The van der Waals surface area contributed by atoms with Crippen LogP contribution in [-0.4, -0.2) is 34.5 Å². The van der Waals surface area contributed by atoms with Crippen LogP contribution in [0.2, 0.25) is 0 Å². The third-order valence-electron chi connectivity index (χ3n) is 7.41. The number of aromatic nitrogens is 1. The van der Waals surface area contributed by atoms with Gasteiger partial charge in [0.2, 0.25) is 11.9 Å². The van der Waals surface area contributed by atoms with E-state index in [1.165, 1.54) is 54.4 Å². The zero-order valence-electron chi connectivity index (χ0n) is 21.3. The van der Waals surface area contributed by atoms with Crippen molar-refractivity contribution in [1.29, 1.82) is 0 Å². The number of rotatable bonds is 5. The minimum atomic E-state index is -5.02. The van der Waals surface area contributed by atoms with Gasteiger partial charge in [0.25, 0.3) is 0 Å². The van der Waals surface area contributed by atoms with Crippen molar-refractivity contribution in [1.82, 2.24) is 9.88 Å². The van der Waals surface area contributed by atoms with Gasteiger partial charge < -0.3 is 9.64 Å². The molecule has 0 radical (unpaired) electrons. The van der Waals surface area contributed by atoms with Crippen molar-refractivity contribution < 1.29 is 44.7 Å². The van der Waals surface area contributed by atoms with Crippen LogP contribution in [0.1, 0.15) is 53.2 Å². The zero-order chi connectivity index (χ0) is 29.7. The van der Waals surface area contributed by atoms with Gasteiger partial charge in [-0.2, -0.15) is 30.7 Å². The molecule has 41 heavy (non-hydrogen) atoms. The van der Waals surface area contributed by atoms with Gasteiger partial charge in [0.15, 0.2) is 0 Å². The van der Waals surface area contributed by atoms with Gasteiger partial charge in [0, 0.05) is 30.8 Å². The number of ether oxygens (including phenoxy) is 1. The normalized spacial score (nSPS) is 22.0. The molecule has 0 spiro atoms. The maximum atomic E-state index is 13.8. The Hall–Kier alpha value is -3.80. The molecule has 4 nitrogen and oxygen atoms in total. The summed E-state index contributed by atoms with van der Waals surface area (Å²) in [6.07, 6.45) is -9.19. The quantitative estimate of drug-likeness (QED) is 0.234. The number of nitrogens with zero attached hydrogens (tertiary/aromatic N) is 2. The standard InChI is InChI=1S/C29H22F8N2O2/c1-15(18-8-20(28(32,33)34)12-21(9-18)29(35,36)37)41-24-14-39-23(27(24)16-2-5-22(30)6-3-16)10-19(11-26(39)40)17-4-7-25(31)38-13-17/h2-9,11-13,15,23-24,27H,10,14H2,1H3/t15-,23?,24?,27+/m1/s1. The average molecular weight is 582 g/mol. The summed E-state index contributed by atoms with van der Waals surface area (Å²) in [6, 6.07) is 8.78. The van der Waals surface area contributed by atoms with E-state index >= 15 is 0 Å². The van der Waals surface area contributed by atoms with Gasteiger partial charge in [0.1, 0.15) is 5.82 Å². The molecule has 4 atom stereocenters. The molecule has 216 valence electrons. The Morgan fingerprint density at radius 3 is 2.12 bits per heavy atom. The summed E-state index contributed by atoms with van der Waals surface area (Å²) >= 11 is 0. The van der Waals surface area contributed by atoms with E-state index < -0.39 is 65.3 Å². The van der Waals surface area contributed by atoms with Crippen LogP contribution in [0.15, 0.2) is 66.9 Å². The molecule has 2 unspecified atom stereocenters. The number of halogens is 8. The molecule has 5 rings (SSSR count). The Morgan fingerprint density at radius 2 is 1.56 bits per heavy atom. The number of benzene rings is 2. The average Bonchev–Trinajstić information content (AvgIpc) is 3.26. The molecule has 1 fully saturated rings. The van der Waals surface area contributed by atoms with Gasteiger partial charge in [0.05, 0.1) is 23.3 Å². The zero-order valence-corrected chi connectivity index (χ0v) is 21.3. The van der Waals surface area contributed by atoms with Crippen LogP contribution in [0.5, 0.6) is 0 Å². The van der Waals surface area contributed by atoms with Crippen LogP contribution >= 0.6 is 0 Å². The Bertz CT molecular complexity index is 1430. The number of hydrogen-bond acceptors (Lipinski definition) is 3. The maximum absolute atomic E-state index is 13.8. The highest BCUT2D eigenvalue weighted by Gasteiger charge is 2.48. The highest BCUT2D eigenvalue weighted by molar-refractivity contribution is 5.97. The van der Waals surface area contributed by atoms with Gasteiger partial charge in [-0.05, 0) is 78.1 Å². The Morgan fingerprint density at radius 1 is 0.927 bits per heavy atom. The van der Waals surface area contributed by atoms with E-state index in [1.807, 2.05) is 0 Å². The first-order valence-electron chi connectivity index (χ1n) is 12.5. The highest BCUT2D eigenvalue weighted by atomic mass is 19.4. The number of fused-ring (bicyclic) bond motifs is 1. The molecule has 0 aliphatic carbocycles. The van der Waals surface area contributed by atoms with Crippen molar-refractivity contribution >= 4 is 11.5 Å². The SMILES string of the molecule is C[C@@H](OC1CN2C(=O)C=C(c3ccc(F)nc3)CC2[C@@H]1c1ccc(F)cc1)c1cc(C(F)(F)F)cc(C(F)(F)F)c1. The molecule has 12 heteroatoms. The summed E-state index contributed by atoms with van der Waals surface area (Å²) in [5.74, 6) is -2.22. The van der Waals surface area contributed by atoms with Crippen molar-refractivity contribution in [2.45, 2.75) is 49.9 Å². The van der Waals surface area contributed by atoms with Gasteiger partial charge in [-0.3, -0.25) is 4.79 Å². The largest absolute Gasteiger partial charge is 0.416 e. The van der Waals surface area contributed by atoms with E-state index in [-0.39, 0.29) is 24.6 Å². The summed E-state index contributed by atoms with van der Waals surface area (Å²) in [5.41, 5.74) is -1.61. The van der Waals surface area contributed by atoms with Crippen LogP contribution in [0.3, 0.4) is 0 Å². The van der Waals surface area contributed by atoms with Crippen LogP contribution in [-0.2, 0) is 21.9 Å². The Kier molecular flexibility index (Phi) is 7.39. The second-order valence-electron chi connectivity index (χ2n) is 10.0. The van der Waals surface area contributed by atoms with E-state index in [9.17, 15) is 39.9 Å². The second kappa shape index (κ2) is 10.6. The van der Waals surface area contributed by atoms with Crippen molar-refractivity contribution in [3.63, 3.8) is 0 Å². The van der Waals surface area contributed by atoms with Crippen molar-refractivity contribution in [3.05, 3.63) is 106 Å². The fourth-order valence-corrected chi connectivity index (χ4v) is 5.46. The minimum absolute atomic E-state index is 0.00752. The third kappa shape index (κ3) is 5.97. The molecule has 2 aromatic carbocycles. The lowest BCUT2D eigenvalue weighted by Gasteiger charge is -2.32. The van der Waals surface area contributed by atoms with E-state index in [0.717, 1.165) is 6.07 Å². The van der Waals surface area contributed by atoms with Crippen LogP contribution in [0.4, 0.5) is 35.1 Å². The van der Waals surface area contributed by atoms with Gasteiger partial charge in [-0.1, -0.05) is 12.1 Å². The molecule has 2 aliphatic heterocycles. The molecule has 3 heterocycles. The summed E-state index contributed by atoms with van der Waals surface area (Å²) in [6.45, 7) is 1.33. The first-order chi connectivity index (χ1) is 19.2. The van der Waals surface area contributed by atoms with Crippen molar-refractivity contribution in [3.8, 4) is 0 Å². The van der Waals surface area contributed by atoms with Gasteiger partial charge in [-0.15, -0.1) is 0 Å². The molecule has 1 saturated heterocycles. The number of carbonyl (C=O) groups is 1. The lowest BCUT2D eigenvalue weighted by atomic mass is 9.84. The predicted molar refractivity (Wildman–Crippen MR) is 131 cm³/mol. The smallest absolute Gasteiger partial charge is 0.368 e. The molecule has 0 bridgehead atoms. The molecule has 1 amide bonds. The second-order valence-corrected chi connectivity index (χ2v) is 10.0. The van der Waals surface area contributed by atoms with E-state index in [2.05, 4.69) is 4.98 Å². The fraction of sp³-hybridized carbons (Fsp3) is 0.310. The maximum Gasteiger partial charge on any atom is 0.416 e. The number of hydrogen-bond donors (Lipinski definition) is 0. The number of pyridine rings is 1. The summed E-state index contributed by atoms with van der Waals surface area (Å²) in [4.78, 5) is 18.3. The van der Waals surface area contributed by atoms with Crippen LogP contribution < -0.4 is 0 Å². The predicted octanol–water partition coefficient (Wildman–Crippen LogP) is 7.33. The highest BCUT2D eigenvalue weighted by Crippen LogP contribution is 2.45. The Balaban J connectivity index is 1.49. The van der Waals surface area contributed by atoms with Gasteiger partial charge in [-0.25, -0.2) is 9.37 Å². The first kappa shape index (κ1) is 28.7. The topological polar surface area (TPSA) is 42.4 Å². The molecule has 1 aromatic heterocycles. The minimum Gasteiger partial charge on any atom is -0.368 e. The Labute approximate surface area is 229 Å². The van der Waals surface area contributed by atoms with E-state index in [0.29, 0.717) is 28.8 Å². The summed E-state index contributed by atoms with van der Waals surface area (Å²) < 4.78 is 114. The van der Waals surface area contributed by atoms with Crippen LogP contribution in [0, 0.1) is 11.8 Å². The summed E-state index contributed by atoms with van der Waals surface area (Å²) in [5, 5.41) is 0. The molecule has 2 aliphatic rings. The number of carbonyl (C=O) groups excluding carboxylic acids is 1. The third-order valence-corrected chi connectivity index (χ3v) is 7.41. The molecule has 3 aromatic rings. The van der Waals surface area contributed by atoms with E-state index in [4.69, 9.17) is 4.74 Å². The monoisotopic (exact) mass is 582 g/mol. The molecular formula is C29H22F8N2O2. The van der Waals surface area contributed by atoms with E-state index in [1.54, 1.807) is 0 Å². The van der Waals surface area contributed by atoms with Crippen molar-refractivity contribution in [2.75, 3.05) is 6.54 Å². The number of amides is 1. The molecular weight excluding hydrogens is 560 g/mol. The lowest BCUT2D eigenvalue weighted by Crippen LogP contribution is -2.39. The molecule has 0 saturated carbocycles. The number of alkyl halides is 6. The fourth-order valence-electron chi connectivity index (χ4n) is 5.46. The summed E-state index contributed by atoms with van der Waals surface area (Å²) in [7, 11) is 0. The first-order valence-corrected chi connectivity index (χ1v) is 12.5. The van der Waals surface area contributed by atoms with Crippen molar-refractivity contribution in [2.24, 2.45) is 0 Å².